The van der Waals surface area contributed by atoms with Crippen LogP contribution in [0.1, 0.15) is 17.2 Å². The molecule has 2 rings (SSSR count). The fraction of sp³-hybridized carbons (Fsp3) is 0.350. The number of nitrogens with zero attached hydrogens (tertiary/aromatic N) is 2. The Labute approximate surface area is 167 Å². The van der Waals surface area contributed by atoms with E-state index in [1.807, 2.05) is 38.1 Å². The van der Waals surface area contributed by atoms with Crippen LogP contribution in [0.2, 0.25) is 0 Å². The van der Waals surface area contributed by atoms with Crippen molar-refractivity contribution in [2.24, 2.45) is 0 Å². The molecule has 0 aromatic heterocycles. The van der Waals surface area contributed by atoms with E-state index in [-0.39, 0.29) is 10.9 Å². The molecule has 2 aromatic carbocycles. The Hall–Kier alpha value is -2.42. The van der Waals surface area contributed by atoms with E-state index in [9.17, 15) is 13.2 Å². The van der Waals surface area contributed by atoms with E-state index in [1.54, 1.807) is 12.1 Å². The first-order chi connectivity index (χ1) is 13.1. The number of benzene rings is 2. The standard InChI is InChI=1S/C20H28N4O3S/c1-15-9-11-16(12-10-15)19(23(2)3)14-21-20(25)22-17-7-6-8-18(13-17)28(26,27)24(4)5/h6-13,19H,14H2,1-5H3,(H2,21,22,25). The number of carbonyl (C=O) groups is 1. The maximum absolute atomic E-state index is 12.3. The van der Waals surface area contributed by atoms with Gasteiger partial charge in [0.25, 0.3) is 0 Å². The zero-order valence-corrected chi connectivity index (χ0v) is 17.7. The van der Waals surface area contributed by atoms with E-state index in [2.05, 4.69) is 22.8 Å². The summed E-state index contributed by atoms with van der Waals surface area (Å²) in [6, 6.07) is 14.0. The van der Waals surface area contributed by atoms with E-state index in [1.165, 1.54) is 31.8 Å². The van der Waals surface area contributed by atoms with Crippen molar-refractivity contribution in [3.8, 4) is 0 Å². The number of nitrogens with one attached hydrogen (secondary N) is 2. The van der Waals surface area contributed by atoms with Crippen LogP contribution < -0.4 is 10.6 Å². The minimum Gasteiger partial charge on any atom is -0.336 e. The molecule has 28 heavy (non-hydrogen) atoms. The molecule has 0 bridgehead atoms. The molecule has 2 amide bonds. The Kier molecular flexibility index (Phi) is 7.17. The Morgan fingerprint density at radius 1 is 1.04 bits per heavy atom. The number of aryl methyl sites for hydroxylation is 1. The van der Waals surface area contributed by atoms with Gasteiger partial charge in [-0.3, -0.25) is 0 Å². The molecule has 1 atom stereocenters. The number of hydrogen-bond donors (Lipinski definition) is 2. The van der Waals surface area contributed by atoms with Gasteiger partial charge in [0, 0.05) is 26.3 Å². The first kappa shape index (κ1) is 21.9. The number of likely N-dealkylation sites (N-methyl/N-ethyl adjacent to an activating group) is 1. The molecule has 0 saturated carbocycles. The smallest absolute Gasteiger partial charge is 0.319 e. The van der Waals surface area contributed by atoms with Gasteiger partial charge in [0.15, 0.2) is 0 Å². The van der Waals surface area contributed by atoms with E-state index < -0.39 is 16.1 Å². The molecular formula is C20H28N4O3S. The molecule has 0 radical (unpaired) electrons. The predicted molar refractivity (Wildman–Crippen MR) is 112 cm³/mol. The second kappa shape index (κ2) is 9.18. The lowest BCUT2D eigenvalue weighted by Gasteiger charge is -2.25. The first-order valence-electron chi connectivity index (χ1n) is 8.91. The van der Waals surface area contributed by atoms with Crippen LogP contribution >= 0.6 is 0 Å². The van der Waals surface area contributed by atoms with Gasteiger partial charge in [-0.05, 0) is 44.8 Å². The van der Waals surface area contributed by atoms with Crippen molar-refractivity contribution in [2.45, 2.75) is 17.9 Å². The third-order valence-corrected chi connectivity index (χ3v) is 6.22. The number of sulfonamides is 1. The molecule has 0 aliphatic carbocycles. The molecule has 8 heteroatoms. The molecule has 0 fully saturated rings. The Morgan fingerprint density at radius 3 is 2.25 bits per heavy atom. The lowest BCUT2D eigenvalue weighted by Crippen LogP contribution is -2.36. The van der Waals surface area contributed by atoms with Crippen LogP contribution in [0.5, 0.6) is 0 Å². The second-order valence-electron chi connectivity index (χ2n) is 7.04. The van der Waals surface area contributed by atoms with Crippen molar-refractivity contribution in [3.63, 3.8) is 0 Å². The zero-order chi connectivity index (χ0) is 20.9. The van der Waals surface area contributed by atoms with Crippen LogP contribution in [0.15, 0.2) is 53.4 Å². The van der Waals surface area contributed by atoms with Crippen molar-refractivity contribution in [1.29, 1.82) is 0 Å². The molecule has 2 aromatic rings. The van der Waals surface area contributed by atoms with Gasteiger partial charge in [-0.15, -0.1) is 0 Å². The zero-order valence-electron chi connectivity index (χ0n) is 16.9. The average molecular weight is 405 g/mol. The maximum Gasteiger partial charge on any atom is 0.319 e. The highest BCUT2D eigenvalue weighted by atomic mass is 32.2. The summed E-state index contributed by atoms with van der Waals surface area (Å²) in [6.07, 6.45) is 0. The topological polar surface area (TPSA) is 81.8 Å². The van der Waals surface area contributed by atoms with Gasteiger partial charge in [-0.2, -0.15) is 0 Å². The minimum absolute atomic E-state index is 0.0202. The van der Waals surface area contributed by atoms with Crippen molar-refractivity contribution in [1.82, 2.24) is 14.5 Å². The lowest BCUT2D eigenvalue weighted by atomic mass is 10.0. The van der Waals surface area contributed by atoms with E-state index in [0.29, 0.717) is 12.2 Å². The fourth-order valence-electron chi connectivity index (χ4n) is 2.70. The van der Waals surface area contributed by atoms with E-state index >= 15 is 0 Å². The number of rotatable bonds is 7. The minimum atomic E-state index is -3.56. The maximum atomic E-state index is 12.3. The molecule has 0 aliphatic heterocycles. The molecule has 2 N–H and O–H groups in total. The van der Waals surface area contributed by atoms with Gasteiger partial charge in [-0.25, -0.2) is 17.5 Å². The molecular weight excluding hydrogens is 376 g/mol. The fourth-order valence-corrected chi connectivity index (χ4v) is 3.65. The molecule has 0 aliphatic rings. The SMILES string of the molecule is Cc1ccc(C(CNC(=O)Nc2cccc(S(=O)(=O)N(C)C)c2)N(C)C)cc1. The molecule has 0 saturated heterocycles. The number of hydrogen-bond acceptors (Lipinski definition) is 4. The van der Waals surface area contributed by atoms with Crippen molar-refractivity contribution in [3.05, 3.63) is 59.7 Å². The number of urea groups is 1. The summed E-state index contributed by atoms with van der Waals surface area (Å²) in [7, 11) is 3.29. The average Bonchev–Trinajstić information content (AvgIpc) is 2.63. The van der Waals surface area contributed by atoms with Crippen LogP contribution in [-0.4, -0.2) is 58.4 Å². The van der Waals surface area contributed by atoms with Crippen molar-refractivity contribution < 1.29 is 13.2 Å². The molecule has 0 heterocycles. The summed E-state index contributed by atoms with van der Waals surface area (Å²) in [5.74, 6) is 0. The number of anilines is 1. The summed E-state index contributed by atoms with van der Waals surface area (Å²) >= 11 is 0. The highest BCUT2D eigenvalue weighted by Crippen LogP contribution is 2.19. The monoisotopic (exact) mass is 404 g/mol. The molecule has 7 nitrogen and oxygen atoms in total. The van der Waals surface area contributed by atoms with Gasteiger partial charge in [0.05, 0.1) is 10.9 Å². The van der Waals surface area contributed by atoms with Crippen molar-refractivity contribution >= 4 is 21.7 Å². The first-order valence-corrected chi connectivity index (χ1v) is 10.4. The summed E-state index contributed by atoms with van der Waals surface area (Å²) in [5.41, 5.74) is 2.70. The highest BCUT2D eigenvalue weighted by molar-refractivity contribution is 7.89. The van der Waals surface area contributed by atoms with Crippen LogP contribution in [0.25, 0.3) is 0 Å². The van der Waals surface area contributed by atoms with Crippen LogP contribution in [0.4, 0.5) is 10.5 Å². The van der Waals surface area contributed by atoms with Gasteiger partial charge in [0.1, 0.15) is 0 Å². The summed E-state index contributed by atoms with van der Waals surface area (Å²) in [4.78, 5) is 14.5. The highest BCUT2D eigenvalue weighted by Gasteiger charge is 2.18. The summed E-state index contributed by atoms with van der Waals surface area (Å²) in [5, 5.41) is 5.55. The quantitative estimate of drug-likeness (QED) is 0.743. The number of carbonyl (C=O) groups excluding carboxylic acids is 1. The van der Waals surface area contributed by atoms with Gasteiger partial charge in [0.2, 0.25) is 10.0 Å². The van der Waals surface area contributed by atoms with Gasteiger partial charge >= 0.3 is 6.03 Å². The summed E-state index contributed by atoms with van der Waals surface area (Å²) in [6.45, 7) is 2.45. The van der Waals surface area contributed by atoms with Crippen molar-refractivity contribution in [2.75, 3.05) is 40.1 Å². The van der Waals surface area contributed by atoms with Crippen LogP contribution in [-0.2, 0) is 10.0 Å². The van der Waals surface area contributed by atoms with E-state index in [0.717, 1.165) is 9.87 Å². The third kappa shape index (κ3) is 5.54. The Balaban J connectivity index is 2.04. The third-order valence-electron chi connectivity index (χ3n) is 4.41. The van der Waals surface area contributed by atoms with Crippen LogP contribution in [0.3, 0.4) is 0 Å². The van der Waals surface area contributed by atoms with Gasteiger partial charge in [-0.1, -0.05) is 35.9 Å². The summed E-state index contributed by atoms with van der Waals surface area (Å²) < 4.78 is 25.6. The molecule has 0 spiro atoms. The van der Waals surface area contributed by atoms with Gasteiger partial charge < -0.3 is 15.5 Å². The lowest BCUT2D eigenvalue weighted by molar-refractivity contribution is 0.243. The predicted octanol–water partition coefficient (Wildman–Crippen LogP) is 2.67. The molecule has 1 unspecified atom stereocenters. The van der Waals surface area contributed by atoms with Crippen LogP contribution in [0, 0.1) is 6.92 Å². The van der Waals surface area contributed by atoms with E-state index in [4.69, 9.17) is 0 Å². The second-order valence-corrected chi connectivity index (χ2v) is 9.19. The Morgan fingerprint density at radius 2 is 1.68 bits per heavy atom. The molecule has 152 valence electrons. The normalized spacial score (nSPS) is 12.8. The largest absolute Gasteiger partial charge is 0.336 e. The Bertz CT molecular complexity index is 909. The number of amides is 2.